The lowest BCUT2D eigenvalue weighted by Gasteiger charge is -2.34. The summed E-state index contributed by atoms with van der Waals surface area (Å²) in [5.41, 5.74) is 1.01. The van der Waals surface area contributed by atoms with Gasteiger partial charge in [-0.15, -0.1) is 0 Å². The molecule has 0 saturated carbocycles. The van der Waals surface area contributed by atoms with Crippen molar-refractivity contribution in [2.45, 2.75) is 18.9 Å². The van der Waals surface area contributed by atoms with E-state index < -0.39 is 5.97 Å². The minimum absolute atomic E-state index is 0.154. The first-order chi connectivity index (χ1) is 9.15. The van der Waals surface area contributed by atoms with Crippen molar-refractivity contribution in [3.05, 3.63) is 23.8 Å². The fraction of sp³-hybridized carbons (Fsp3) is 0.500. The lowest BCUT2D eigenvalue weighted by atomic mass is 10.0. The molecule has 19 heavy (non-hydrogen) atoms. The monoisotopic (exact) mass is 265 g/mol. The van der Waals surface area contributed by atoms with E-state index in [0.717, 1.165) is 19.4 Å². The highest BCUT2D eigenvalue weighted by Gasteiger charge is 2.23. The molecule has 0 spiro atoms. The van der Waals surface area contributed by atoms with Gasteiger partial charge in [-0.2, -0.15) is 0 Å². The van der Waals surface area contributed by atoms with Crippen molar-refractivity contribution < 1.29 is 19.4 Å². The largest absolute Gasteiger partial charge is 0.497 e. The van der Waals surface area contributed by atoms with Gasteiger partial charge in [-0.1, -0.05) is 0 Å². The molecule has 0 radical (unpaired) electrons. The van der Waals surface area contributed by atoms with Crippen molar-refractivity contribution in [2.75, 3.05) is 32.2 Å². The summed E-state index contributed by atoms with van der Waals surface area (Å²) in [6.45, 7) is 1.55. The number of anilines is 1. The maximum Gasteiger partial charge on any atom is 0.337 e. The number of hydrogen-bond donors (Lipinski definition) is 1. The number of rotatable bonds is 4. The van der Waals surface area contributed by atoms with Crippen LogP contribution in [0.4, 0.5) is 5.69 Å². The molecular formula is C14H19NO4. The summed E-state index contributed by atoms with van der Waals surface area (Å²) in [7, 11) is 3.27. The normalized spacial score (nSPS) is 19.3. The molecule has 1 saturated heterocycles. The van der Waals surface area contributed by atoms with Crippen molar-refractivity contribution in [2.24, 2.45) is 0 Å². The highest BCUT2D eigenvalue weighted by molar-refractivity contribution is 5.94. The molecule has 0 bridgehead atoms. The van der Waals surface area contributed by atoms with E-state index in [9.17, 15) is 9.90 Å². The van der Waals surface area contributed by atoms with Crippen LogP contribution in [0.3, 0.4) is 0 Å². The summed E-state index contributed by atoms with van der Waals surface area (Å²) < 4.78 is 10.6. The van der Waals surface area contributed by atoms with Gasteiger partial charge >= 0.3 is 5.97 Å². The number of benzene rings is 1. The van der Waals surface area contributed by atoms with Crippen LogP contribution in [0, 0.1) is 0 Å². The van der Waals surface area contributed by atoms with Gasteiger partial charge in [-0.05, 0) is 25.0 Å². The van der Waals surface area contributed by atoms with Crippen LogP contribution in [0.15, 0.2) is 18.2 Å². The minimum atomic E-state index is -0.919. The van der Waals surface area contributed by atoms with Crippen LogP contribution in [0.5, 0.6) is 5.75 Å². The second-order valence-corrected chi connectivity index (χ2v) is 4.63. The van der Waals surface area contributed by atoms with Crippen molar-refractivity contribution in [1.82, 2.24) is 0 Å². The Morgan fingerprint density at radius 3 is 2.84 bits per heavy atom. The fourth-order valence-corrected chi connectivity index (χ4v) is 2.43. The third-order valence-electron chi connectivity index (χ3n) is 3.49. The molecule has 1 aliphatic heterocycles. The number of carboxylic acids is 1. The zero-order valence-corrected chi connectivity index (χ0v) is 11.3. The van der Waals surface area contributed by atoms with E-state index in [1.54, 1.807) is 32.4 Å². The number of ether oxygens (including phenoxy) is 2. The number of hydrogen-bond acceptors (Lipinski definition) is 4. The first-order valence-corrected chi connectivity index (χ1v) is 6.34. The van der Waals surface area contributed by atoms with E-state index in [1.165, 1.54) is 0 Å². The maximum absolute atomic E-state index is 11.3. The Kier molecular flexibility index (Phi) is 4.27. The Hall–Kier alpha value is -1.75. The molecule has 2 rings (SSSR count). The van der Waals surface area contributed by atoms with Gasteiger partial charge in [0.2, 0.25) is 0 Å². The summed E-state index contributed by atoms with van der Waals surface area (Å²) in [5.74, 6) is -0.253. The Labute approximate surface area is 112 Å². The Morgan fingerprint density at radius 2 is 2.21 bits per heavy atom. The third-order valence-corrected chi connectivity index (χ3v) is 3.49. The number of methoxy groups -OCH3 is 2. The van der Waals surface area contributed by atoms with Crippen LogP contribution in [-0.2, 0) is 4.74 Å². The molecule has 0 aliphatic carbocycles. The summed E-state index contributed by atoms with van der Waals surface area (Å²) in [4.78, 5) is 13.4. The molecule has 1 fully saturated rings. The zero-order valence-electron chi connectivity index (χ0n) is 11.3. The smallest absolute Gasteiger partial charge is 0.337 e. The lowest BCUT2D eigenvalue weighted by Crippen LogP contribution is -2.40. The number of carboxylic acid groups (broad SMARTS) is 1. The fourth-order valence-electron chi connectivity index (χ4n) is 2.43. The van der Waals surface area contributed by atoms with Gasteiger partial charge in [0.1, 0.15) is 5.75 Å². The average molecular weight is 265 g/mol. The molecule has 104 valence electrons. The van der Waals surface area contributed by atoms with Gasteiger partial charge in [0.25, 0.3) is 0 Å². The van der Waals surface area contributed by atoms with Gasteiger partial charge < -0.3 is 19.5 Å². The van der Waals surface area contributed by atoms with Gasteiger partial charge in [-0.3, -0.25) is 0 Å². The Bertz CT molecular complexity index is 461. The second kappa shape index (κ2) is 5.93. The molecule has 1 aromatic rings. The van der Waals surface area contributed by atoms with E-state index in [1.807, 2.05) is 0 Å². The quantitative estimate of drug-likeness (QED) is 0.902. The van der Waals surface area contributed by atoms with Crippen LogP contribution in [0.1, 0.15) is 23.2 Å². The Balaban J connectivity index is 2.32. The first-order valence-electron chi connectivity index (χ1n) is 6.34. The highest BCUT2D eigenvalue weighted by atomic mass is 16.5. The van der Waals surface area contributed by atoms with Crippen molar-refractivity contribution in [3.63, 3.8) is 0 Å². The number of aromatic carboxylic acids is 1. The molecule has 1 heterocycles. The van der Waals surface area contributed by atoms with Crippen molar-refractivity contribution in [1.29, 1.82) is 0 Å². The number of carbonyl (C=O) groups is 1. The molecule has 1 unspecified atom stereocenters. The molecule has 5 heteroatoms. The summed E-state index contributed by atoms with van der Waals surface area (Å²) in [6.07, 6.45) is 2.16. The predicted octanol–water partition coefficient (Wildman–Crippen LogP) is 2.01. The van der Waals surface area contributed by atoms with Gasteiger partial charge in [0.15, 0.2) is 0 Å². The Morgan fingerprint density at radius 1 is 1.42 bits per heavy atom. The lowest BCUT2D eigenvalue weighted by molar-refractivity contribution is 0.0695. The zero-order chi connectivity index (χ0) is 13.8. The molecule has 1 aliphatic rings. The molecule has 1 N–H and O–H groups in total. The van der Waals surface area contributed by atoms with Crippen LogP contribution in [0.2, 0.25) is 0 Å². The van der Waals surface area contributed by atoms with Crippen LogP contribution >= 0.6 is 0 Å². The summed E-state index contributed by atoms with van der Waals surface area (Å²) in [6, 6.07) is 5.04. The topological polar surface area (TPSA) is 59.0 Å². The highest BCUT2D eigenvalue weighted by Crippen LogP contribution is 2.29. The van der Waals surface area contributed by atoms with Crippen molar-refractivity contribution >= 4 is 11.7 Å². The molecule has 1 aromatic carbocycles. The van der Waals surface area contributed by atoms with Gasteiger partial charge in [0, 0.05) is 26.3 Å². The van der Waals surface area contributed by atoms with E-state index >= 15 is 0 Å². The van der Waals surface area contributed by atoms with Crippen LogP contribution in [0.25, 0.3) is 0 Å². The molecular weight excluding hydrogens is 246 g/mol. The molecule has 0 aromatic heterocycles. The summed E-state index contributed by atoms with van der Waals surface area (Å²) >= 11 is 0. The first kappa shape index (κ1) is 13.7. The summed E-state index contributed by atoms with van der Waals surface area (Å²) in [5, 5.41) is 9.28. The SMILES string of the molecule is COc1ccc(C(=O)O)c(N2CCCC(OC)C2)c1. The van der Waals surface area contributed by atoms with E-state index in [4.69, 9.17) is 9.47 Å². The van der Waals surface area contributed by atoms with Crippen molar-refractivity contribution in [3.8, 4) is 5.75 Å². The van der Waals surface area contributed by atoms with E-state index in [2.05, 4.69) is 4.90 Å². The van der Waals surface area contributed by atoms with Gasteiger partial charge in [-0.25, -0.2) is 4.79 Å². The number of piperidine rings is 1. The van der Waals surface area contributed by atoms with Crippen LogP contribution < -0.4 is 9.64 Å². The number of nitrogens with zero attached hydrogens (tertiary/aromatic N) is 1. The second-order valence-electron chi connectivity index (χ2n) is 4.63. The predicted molar refractivity (Wildman–Crippen MR) is 72.2 cm³/mol. The standard InChI is InChI=1S/C14H19NO4/c1-18-10-5-6-12(14(16)17)13(8-10)15-7-3-4-11(9-15)19-2/h5-6,8,11H,3-4,7,9H2,1-2H3,(H,16,17). The third kappa shape index (κ3) is 2.98. The molecule has 5 nitrogen and oxygen atoms in total. The maximum atomic E-state index is 11.3. The van der Waals surface area contributed by atoms with Gasteiger partial charge in [0.05, 0.1) is 24.5 Å². The molecule has 0 amide bonds. The molecule has 1 atom stereocenters. The van der Waals surface area contributed by atoms with Crippen LogP contribution in [-0.4, -0.2) is 44.5 Å². The van der Waals surface area contributed by atoms with E-state index in [0.29, 0.717) is 23.5 Å². The van der Waals surface area contributed by atoms with E-state index in [-0.39, 0.29) is 6.10 Å². The minimum Gasteiger partial charge on any atom is -0.497 e. The average Bonchev–Trinajstić information content (AvgIpc) is 2.46.